The summed E-state index contributed by atoms with van der Waals surface area (Å²) < 4.78 is 30.5. The molecule has 1 atom stereocenters. The van der Waals surface area contributed by atoms with Gasteiger partial charge in [0.15, 0.2) is 11.5 Å². The summed E-state index contributed by atoms with van der Waals surface area (Å²) in [6.45, 7) is 2.41. The van der Waals surface area contributed by atoms with Crippen molar-refractivity contribution in [2.24, 2.45) is 5.73 Å². The van der Waals surface area contributed by atoms with Gasteiger partial charge in [-0.3, -0.25) is 9.69 Å². The number of nitrogens with two attached hydrogens (primary N) is 1. The minimum atomic E-state index is -0.533. The van der Waals surface area contributed by atoms with E-state index in [1.54, 1.807) is 42.5 Å². The van der Waals surface area contributed by atoms with E-state index < -0.39 is 18.0 Å². The third-order valence-corrected chi connectivity index (χ3v) is 5.75. The number of benzene rings is 3. The van der Waals surface area contributed by atoms with Gasteiger partial charge >= 0.3 is 6.09 Å². The van der Waals surface area contributed by atoms with E-state index >= 15 is 0 Å². The van der Waals surface area contributed by atoms with E-state index in [0.717, 1.165) is 11.8 Å². The molecule has 2 amide bonds. The van der Waals surface area contributed by atoms with Crippen LogP contribution in [0.2, 0.25) is 0 Å². The molecular weight excluding hydrogens is 481 g/mol. The average molecular weight is 508 g/mol. The van der Waals surface area contributed by atoms with Gasteiger partial charge in [-0.15, -0.1) is 0 Å². The number of anilines is 1. The molecule has 1 fully saturated rings. The molecule has 0 bridgehead atoms. The van der Waals surface area contributed by atoms with Gasteiger partial charge in [-0.25, -0.2) is 9.18 Å². The number of carbonyl (C=O) groups is 3. The topological polar surface area (TPSA) is 120 Å². The number of aldehydes is 1. The molecule has 0 saturated carbocycles. The molecule has 5 rings (SSSR count). The van der Waals surface area contributed by atoms with E-state index in [9.17, 15) is 14.0 Å². The lowest BCUT2D eigenvalue weighted by molar-refractivity contribution is -0.106. The maximum Gasteiger partial charge on any atom is 0.414 e. The van der Waals surface area contributed by atoms with Crippen molar-refractivity contribution in [3.05, 3.63) is 77.6 Å². The monoisotopic (exact) mass is 507 g/mol. The first-order chi connectivity index (χ1) is 17.9. The standard InChI is InChI=1S/C25H22FN3O5.C2H4O/c26-21-10-18(29-13-19(11-27)34-25(29)31)6-7-20(21)16-3-1-15(2-4-16)12-28-24(30)17-5-8-22-23(9-17)33-14-32-22;1-2-3/h1-10,19H,11-14,27H2,(H,28,30);2H,1H3/t19-;/m0./s1. The minimum absolute atomic E-state index is 0.148. The number of nitrogens with zero attached hydrogens (tertiary/aromatic N) is 1. The van der Waals surface area contributed by atoms with E-state index in [1.807, 2.05) is 12.1 Å². The molecule has 192 valence electrons. The lowest BCUT2D eigenvalue weighted by atomic mass is 10.0. The maximum atomic E-state index is 14.9. The molecular formula is C27H26FN3O6. The number of fused-ring (bicyclic) bond motifs is 1. The summed E-state index contributed by atoms with van der Waals surface area (Å²) in [5.74, 6) is 0.477. The summed E-state index contributed by atoms with van der Waals surface area (Å²) >= 11 is 0. The van der Waals surface area contributed by atoms with Crippen LogP contribution >= 0.6 is 0 Å². The van der Waals surface area contributed by atoms with Crippen LogP contribution in [-0.4, -0.2) is 44.3 Å². The Hall–Kier alpha value is -4.44. The van der Waals surface area contributed by atoms with Gasteiger partial charge in [0, 0.05) is 24.2 Å². The molecule has 2 heterocycles. The van der Waals surface area contributed by atoms with Crippen molar-refractivity contribution in [2.75, 3.05) is 24.8 Å². The van der Waals surface area contributed by atoms with E-state index in [4.69, 9.17) is 24.7 Å². The first-order valence-electron chi connectivity index (χ1n) is 11.6. The molecule has 0 aliphatic carbocycles. The van der Waals surface area contributed by atoms with Crippen LogP contribution in [-0.2, 0) is 16.1 Å². The zero-order chi connectivity index (χ0) is 26.4. The second kappa shape index (κ2) is 11.5. The molecule has 0 unspecified atom stereocenters. The fourth-order valence-corrected chi connectivity index (χ4v) is 3.89. The minimum Gasteiger partial charge on any atom is -0.454 e. The van der Waals surface area contributed by atoms with Crippen molar-refractivity contribution >= 4 is 24.0 Å². The zero-order valence-corrected chi connectivity index (χ0v) is 20.1. The van der Waals surface area contributed by atoms with Crippen LogP contribution in [0.5, 0.6) is 11.5 Å². The second-order valence-electron chi connectivity index (χ2n) is 8.20. The molecule has 2 aliphatic heterocycles. The van der Waals surface area contributed by atoms with Crippen molar-refractivity contribution in [2.45, 2.75) is 19.6 Å². The van der Waals surface area contributed by atoms with Crippen molar-refractivity contribution in [3.8, 4) is 22.6 Å². The summed E-state index contributed by atoms with van der Waals surface area (Å²) in [5.41, 5.74) is 8.40. The number of hydrogen-bond donors (Lipinski definition) is 2. The fraction of sp³-hybridized carbons (Fsp3) is 0.222. The molecule has 1 saturated heterocycles. The number of cyclic esters (lactones) is 1. The van der Waals surface area contributed by atoms with Crippen molar-refractivity contribution in [1.82, 2.24) is 5.32 Å². The van der Waals surface area contributed by atoms with Crippen molar-refractivity contribution in [1.29, 1.82) is 0 Å². The Bertz CT molecular complexity index is 1300. The summed E-state index contributed by atoms with van der Waals surface area (Å²) in [5, 5.41) is 2.86. The highest BCUT2D eigenvalue weighted by Gasteiger charge is 2.31. The quantitative estimate of drug-likeness (QED) is 0.489. The Kier molecular flexibility index (Phi) is 7.99. The van der Waals surface area contributed by atoms with Crippen LogP contribution in [0.3, 0.4) is 0 Å². The number of rotatable bonds is 6. The Morgan fingerprint density at radius 3 is 2.51 bits per heavy atom. The van der Waals surface area contributed by atoms with Crippen LogP contribution in [0.25, 0.3) is 11.1 Å². The second-order valence-corrected chi connectivity index (χ2v) is 8.20. The smallest absolute Gasteiger partial charge is 0.414 e. The summed E-state index contributed by atoms with van der Waals surface area (Å²) in [6.07, 6.45) is -0.178. The molecule has 3 N–H and O–H groups in total. The number of halogens is 1. The Labute approximate surface area is 212 Å². The highest BCUT2D eigenvalue weighted by atomic mass is 19.1. The normalized spacial score (nSPS) is 15.5. The number of nitrogens with one attached hydrogen (secondary N) is 1. The van der Waals surface area contributed by atoms with E-state index in [-0.39, 0.29) is 19.2 Å². The number of amides is 2. The predicted molar refractivity (Wildman–Crippen MR) is 134 cm³/mol. The predicted octanol–water partition coefficient (Wildman–Crippen LogP) is 3.64. The zero-order valence-electron chi connectivity index (χ0n) is 20.1. The van der Waals surface area contributed by atoms with Crippen LogP contribution in [0, 0.1) is 5.82 Å². The molecule has 10 heteroatoms. The van der Waals surface area contributed by atoms with Gasteiger partial charge in [-0.2, -0.15) is 0 Å². The van der Waals surface area contributed by atoms with Crippen LogP contribution in [0.1, 0.15) is 22.8 Å². The van der Waals surface area contributed by atoms with Crippen LogP contribution < -0.4 is 25.4 Å². The Balaban J connectivity index is 0.00000102. The molecule has 37 heavy (non-hydrogen) atoms. The fourth-order valence-electron chi connectivity index (χ4n) is 3.89. The highest BCUT2D eigenvalue weighted by molar-refractivity contribution is 5.95. The SMILES string of the molecule is CC=O.NC[C@H]1CN(c2ccc(-c3ccc(CNC(=O)c4ccc5c(c4)OCO5)cc3)c(F)c2)C(=O)O1. The number of hydrogen-bond acceptors (Lipinski definition) is 7. The molecule has 3 aromatic carbocycles. The first kappa shape index (κ1) is 25.6. The summed E-state index contributed by atoms with van der Waals surface area (Å²) in [6, 6.07) is 16.9. The first-order valence-corrected chi connectivity index (χ1v) is 11.6. The van der Waals surface area contributed by atoms with Gasteiger partial charge in [0.25, 0.3) is 5.91 Å². The third-order valence-electron chi connectivity index (χ3n) is 5.75. The largest absolute Gasteiger partial charge is 0.454 e. The summed E-state index contributed by atoms with van der Waals surface area (Å²) in [4.78, 5) is 34.6. The van der Waals surface area contributed by atoms with Crippen molar-refractivity contribution in [3.63, 3.8) is 0 Å². The van der Waals surface area contributed by atoms with Gasteiger partial charge < -0.3 is 30.1 Å². The molecule has 0 radical (unpaired) electrons. The molecule has 0 spiro atoms. The Morgan fingerprint density at radius 1 is 1.11 bits per heavy atom. The lowest BCUT2D eigenvalue weighted by Gasteiger charge is -2.14. The van der Waals surface area contributed by atoms with Gasteiger partial charge in [-0.1, -0.05) is 24.3 Å². The van der Waals surface area contributed by atoms with Gasteiger partial charge in [0.1, 0.15) is 18.2 Å². The molecule has 3 aromatic rings. The van der Waals surface area contributed by atoms with E-state index in [0.29, 0.717) is 47.0 Å². The summed E-state index contributed by atoms with van der Waals surface area (Å²) in [7, 11) is 0. The van der Waals surface area contributed by atoms with Crippen molar-refractivity contribution < 1.29 is 33.0 Å². The molecule has 2 aliphatic rings. The molecule has 9 nitrogen and oxygen atoms in total. The maximum absolute atomic E-state index is 14.9. The lowest BCUT2D eigenvalue weighted by Crippen LogP contribution is -2.27. The Morgan fingerprint density at radius 2 is 1.84 bits per heavy atom. The van der Waals surface area contributed by atoms with Gasteiger partial charge in [0.05, 0.1) is 12.2 Å². The average Bonchev–Trinajstić information content (AvgIpc) is 3.53. The van der Waals surface area contributed by atoms with Gasteiger partial charge in [0.2, 0.25) is 6.79 Å². The van der Waals surface area contributed by atoms with Gasteiger partial charge in [-0.05, 0) is 54.4 Å². The van der Waals surface area contributed by atoms with Crippen LogP contribution in [0.4, 0.5) is 14.9 Å². The molecule has 0 aromatic heterocycles. The third kappa shape index (κ3) is 5.87. The van der Waals surface area contributed by atoms with E-state index in [1.165, 1.54) is 17.9 Å². The van der Waals surface area contributed by atoms with E-state index in [2.05, 4.69) is 5.32 Å². The van der Waals surface area contributed by atoms with Crippen LogP contribution in [0.15, 0.2) is 60.7 Å². The number of carbonyl (C=O) groups excluding carboxylic acids is 3. The highest BCUT2D eigenvalue weighted by Crippen LogP contribution is 2.32. The number of ether oxygens (including phenoxy) is 3.